The summed E-state index contributed by atoms with van der Waals surface area (Å²) in [6, 6.07) is 8.06. The number of alkyl halides is 7. The monoisotopic (exact) mass is 651 g/mol. The van der Waals surface area contributed by atoms with Gasteiger partial charge in [0.05, 0.1) is 10.8 Å². The Labute approximate surface area is 250 Å². The molecule has 0 radical (unpaired) electrons. The summed E-state index contributed by atoms with van der Waals surface area (Å²) in [5.74, 6) is -2.62. The molecule has 1 amide bonds. The predicted octanol–water partition coefficient (Wildman–Crippen LogP) is 6.89. The molecule has 1 unspecified atom stereocenters. The molecule has 14 heteroatoms. The van der Waals surface area contributed by atoms with Crippen molar-refractivity contribution in [1.82, 2.24) is 4.90 Å². The van der Waals surface area contributed by atoms with Gasteiger partial charge in [-0.15, -0.1) is 0 Å². The summed E-state index contributed by atoms with van der Waals surface area (Å²) in [7, 11) is -4.44. The molecule has 0 bridgehead atoms. The molecule has 1 N–H and O–H groups in total. The number of carboxylic acids is 1. The van der Waals surface area contributed by atoms with Gasteiger partial charge in [-0.25, -0.2) is 12.8 Å². The van der Waals surface area contributed by atoms with Gasteiger partial charge in [0.1, 0.15) is 4.75 Å². The summed E-state index contributed by atoms with van der Waals surface area (Å²) in [6.07, 6.45) is -11.9. The van der Waals surface area contributed by atoms with E-state index in [1.807, 2.05) is 13.8 Å². The summed E-state index contributed by atoms with van der Waals surface area (Å²) in [5, 5.41) is 9.27. The maximum Gasteiger partial charge on any atom is 0.435 e. The Bertz CT molecular complexity index is 1480. The molecule has 1 aliphatic heterocycles. The van der Waals surface area contributed by atoms with Crippen LogP contribution >= 0.6 is 0 Å². The van der Waals surface area contributed by atoms with Gasteiger partial charge in [-0.05, 0) is 61.3 Å². The third kappa shape index (κ3) is 5.69. The zero-order valence-electron chi connectivity index (χ0n) is 23.9. The highest BCUT2D eigenvalue weighted by Crippen LogP contribution is 2.54. The minimum Gasteiger partial charge on any atom is -0.481 e. The van der Waals surface area contributed by atoms with Gasteiger partial charge in [-0.3, -0.25) is 9.59 Å². The number of halogens is 7. The number of nitrogens with zero attached hydrogens (tertiary/aromatic N) is 1. The highest BCUT2D eigenvalue weighted by molar-refractivity contribution is 7.92. The van der Waals surface area contributed by atoms with Crippen LogP contribution in [0.5, 0.6) is 0 Å². The van der Waals surface area contributed by atoms with Crippen molar-refractivity contribution in [2.75, 3.05) is 13.1 Å². The lowest BCUT2D eigenvalue weighted by atomic mass is 9.81. The summed E-state index contributed by atoms with van der Waals surface area (Å²) in [4.78, 5) is 26.0. The van der Waals surface area contributed by atoms with Crippen LogP contribution in [-0.2, 0) is 29.8 Å². The van der Waals surface area contributed by atoms with E-state index in [2.05, 4.69) is 0 Å². The fraction of sp³-hybridized carbons (Fsp3) is 0.533. The first-order valence-corrected chi connectivity index (χ1v) is 15.5. The summed E-state index contributed by atoms with van der Waals surface area (Å²) in [5.41, 5.74) is -6.97. The average Bonchev–Trinajstić information content (AvgIpc) is 3.43. The molecule has 1 saturated heterocycles. The second kappa shape index (κ2) is 11.6. The molecule has 242 valence electrons. The summed E-state index contributed by atoms with van der Waals surface area (Å²) < 4.78 is 122. The van der Waals surface area contributed by atoms with Gasteiger partial charge in [-0.2, -0.15) is 26.3 Å². The van der Waals surface area contributed by atoms with Crippen molar-refractivity contribution in [3.05, 3.63) is 65.2 Å². The van der Waals surface area contributed by atoms with E-state index in [4.69, 9.17) is 0 Å². The maximum atomic E-state index is 14.8. The van der Waals surface area contributed by atoms with Crippen molar-refractivity contribution in [3.8, 4) is 0 Å². The number of benzene rings is 2. The van der Waals surface area contributed by atoms with Crippen LogP contribution < -0.4 is 0 Å². The molecule has 0 spiro atoms. The van der Waals surface area contributed by atoms with Crippen molar-refractivity contribution in [2.45, 2.75) is 79.5 Å². The Balaban J connectivity index is 1.78. The first-order chi connectivity index (χ1) is 20.3. The molecular formula is C30H32F7NO5S. The number of amides is 1. The number of carbonyl (C=O) groups is 2. The third-order valence-corrected chi connectivity index (χ3v) is 11.4. The molecule has 1 heterocycles. The number of aliphatic carboxylic acids is 1. The van der Waals surface area contributed by atoms with Crippen molar-refractivity contribution < 1.29 is 53.8 Å². The normalized spacial score (nSPS) is 23.6. The Morgan fingerprint density at radius 1 is 0.886 bits per heavy atom. The first kappa shape index (κ1) is 33.7. The van der Waals surface area contributed by atoms with Crippen LogP contribution in [0, 0.1) is 11.8 Å². The molecule has 44 heavy (non-hydrogen) atoms. The molecule has 1 aliphatic carbocycles. The van der Waals surface area contributed by atoms with Gasteiger partial charge < -0.3 is 10.0 Å². The average molecular weight is 652 g/mol. The van der Waals surface area contributed by atoms with E-state index in [1.54, 1.807) is 6.07 Å². The van der Waals surface area contributed by atoms with Crippen molar-refractivity contribution >= 4 is 21.7 Å². The number of sulfone groups is 1. The summed E-state index contributed by atoms with van der Waals surface area (Å²) >= 11 is 0. The molecule has 1 atom stereocenters. The van der Waals surface area contributed by atoms with Crippen LogP contribution in [0.4, 0.5) is 30.7 Å². The van der Waals surface area contributed by atoms with E-state index in [9.17, 15) is 53.8 Å². The molecule has 2 aromatic carbocycles. The molecule has 0 aromatic heterocycles. The Morgan fingerprint density at radius 2 is 1.43 bits per heavy atom. The second-order valence-corrected chi connectivity index (χ2v) is 14.1. The number of carboxylic acid groups (broad SMARTS) is 1. The Hall–Kier alpha value is -3.16. The maximum absolute atomic E-state index is 14.8. The minimum atomic E-state index is -6.34. The molecule has 6 nitrogen and oxygen atoms in total. The van der Waals surface area contributed by atoms with Crippen molar-refractivity contribution in [2.24, 2.45) is 11.8 Å². The van der Waals surface area contributed by atoms with Gasteiger partial charge in [0.15, 0.2) is 9.84 Å². The highest BCUT2D eigenvalue weighted by Gasteiger charge is 2.73. The van der Waals surface area contributed by atoms with Gasteiger partial charge in [0.2, 0.25) is 5.91 Å². The summed E-state index contributed by atoms with van der Waals surface area (Å²) in [6.45, 7) is 3.14. The molecule has 2 fully saturated rings. The van der Waals surface area contributed by atoms with Gasteiger partial charge in [0, 0.05) is 24.6 Å². The molecule has 1 saturated carbocycles. The number of hydrogen-bond acceptors (Lipinski definition) is 4. The zero-order chi connectivity index (χ0) is 32.9. The topological polar surface area (TPSA) is 91.8 Å². The quantitative estimate of drug-likeness (QED) is 0.330. The molecule has 4 rings (SSSR count). The van der Waals surface area contributed by atoms with Gasteiger partial charge in [-0.1, -0.05) is 50.2 Å². The van der Waals surface area contributed by atoms with Gasteiger partial charge >= 0.3 is 24.0 Å². The lowest BCUT2D eigenvalue weighted by Crippen LogP contribution is -2.50. The van der Waals surface area contributed by atoms with Crippen LogP contribution in [0.15, 0.2) is 53.4 Å². The van der Waals surface area contributed by atoms with E-state index in [1.165, 1.54) is 23.1 Å². The fourth-order valence-electron chi connectivity index (χ4n) is 6.18. The highest BCUT2D eigenvalue weighted by atomic mass is 32.2. The standard InChI is InChI=1S/C30H32F7NO5S/c1-18(2)21-4-3-5-24(16-21)44(42,43)27(14-15-38(17-27)25(39)19-6-8-20(9-7-19)26(40)41)22-10-12-23(13-11-22)28(31,29(32,33)34)30(35,36)37/h3-5,10-13,16,18-20H,6-9,14-15,17H2,1-2H3,(H,40,41). The van der Waals surface area contributed by atoms with E-state index in [0.29, 0.717) is 5.56 Å². The van der Waals surface area contributed by atoms with Crippen LogP contribution in [0.1, 0.15) is 68.6 Å². The largest absolute Gasteiger partial charge is 0.481 e. The smallest absolute Gasteiger partial charge is 0.435 e. The number of likely N-dealkylation sites (tertiary alicyclic amines) is 1. The van der Waals surface area contributed by atoms with Crippen LogP contribution in [-0.4, -0.2) is 55.7 Å². The number of rotatable bonds is 7. The van der Waals surface area contributed by atoms with E-state index >= 15 is 0 Å². The lowest BCUT2D eigenvalue weighted by molar-refractivity contribution is -0.348. The van der Waals surface area contributed by atoms with Crippen LogP contribution in [0.2, 0.25) is 0 Å². The zero-order valence-corrected chi connectivity index (χ0v) is 24.7. The number of hydrogen-bond donors (Lipinski definition) is 1. The molecular weight excluding hydrogens is 619 g/mol. The minimum absolute atomic E-state index is 0.0784. The predicted molar refractivity (Wildman–Crippen MR) is 145 cm³/mol. The third-order valence-electron chi connectivity index (χ3n) is 8.91. The Kier molecular flexibility index (Phi) is 8.93. The van der Waals surface area contributed by atoms with Crippen LogP contribution in [0.25, 0.3) is 0 Å². The SMILES string of the molecule is CC(C)c1cccc(S(=O)(=O)C2(c3ccc(C(F)(C(F)(F)F)C(F)(F)F)cc3)CCN(C(=O)C3CCC(C(=O)O)CC3)C2)c1. The Morgan fingerprint density at radius 3 is 1.93 bits per heavy atom. The van der Waals surface area contributed by atoms with Gasteiger partial charge in [0.25, 0.3) is 0 Å². The van der Waals surface area contributed by atoms with Crippen LogP contribution in [0.3, 0.4) is 0 Å². The van der Waals surface area contributed by atoms with E-state index in [-0.39, 0.29) is 67.2 Å². The van der Waals surface area contributed by atoms with E-state index < -0.39 is 68.4 Å². The van der Waals surface area contributed by atoms with E-state index in [0.717, 1.165) is 12.1 Å². The van der Waals surface area contributed by atoms with Crippen molar-refractivity contribution in [1.29, 1.82) is 0 Å². The fourth-order valence-corrected chi connectivity index (χ4v) is 8.32. The first-order valence-electron chi connectivity index (χ1n) is 14.1. The lowest BCUT2D eigenvalue weighted by Gasteiger charge is -2.33. The molecule has 2 aliphatic rings. The number of carbonyl (C=O) groups excluding carboxylic acids is 1. The molecule has 2 aromatic rings. The second-order valence-electron chi connectivity index (χ2n) is 11.9. The van der Waals surface area contributed by atoms with Crippen molar-refractivity contribution in [3.63, 3.8) is 0 Å².